The molecule has 0 spiro atoms. The number of hydrogen-bond acceptors (Lipinski definition) is 4. The normalized spacial score (nSPS) is 12.6. The van der Waals surface area contributed by atoms with Gasteiger partial charge in [0.05, 0.1) is 0 Å². The van der Waals surface area contributed by atoms with Gasteiger partial charge in [-0.2, -0.15) is 0 Å². The zero-order chi connectivity index (χ0) is 21.5. The quantitative estimate of drug-likeness (QED) is 0.613. The molecule has 2 aromatic carbocycles. The highest BCUT2D eigenvalue weighted by molar-refractivity contribution is 5.87. The van der Waals surface area contributed by atoms with Crippen molar-refractivity contribution in [2.24, 2.45) is 0 Å². The molecule has 7 heteroatoms. The average molecular weight is 406 g/mol. The largest absolute Gasteiger partial charge is 0.480 e. The van der Waals surface area contributed by atoms with Crippen molar-refractivity contribution < 1.29 is 24.2 Å². The molecule has 1 unspecified atom stereocenters. The van der Waals surface area contributed by atoms with Gasteiger partial charge in [0, 0.05) is 12.3 Å². The number of fused-ring (bicyclic) bond motifs is 3. The molecule has 0 radical (unpaired) electrons. The summed E-state index contributed by atoms with van der Waals surface area (Å²) < 4.78 is 5.34. The zero-order valence-corrected chi connectivity index (χ0v) is 16.5. The highest BCUT2D eigenvalue weighted by Gasteiger charge is 2.29. The van der Waals surface area contributed by atoms with Gasteiger partial charge in [-0.15, -0.1) is 11.8 Å². The van der Waals surface area contributed by atoms with Crippen molar-refractivity contribution in [3.05, 3.63) is 59.7 Å². The van der Waals surface area contributed by atoms with Crippen LogP contribution in [0.15, 0.2) is 48.5 Å². The summed E-state index contributed by atoms with van der Waals surface area (Å²) >= 11 is 0. The van der Waals surface area contributed by atoms with Crippen LogP contribution in [-0.2, 0) is 14.3 Å². The predicted molar refractivity (Wildman–Crippen MR) is 111 cm³/mol. The Morgan fingerprint density at radius 2 is 1.67 bits per heavy atom. The molecule has 1 aliphatic rings. The number of carboxylic acids is 1. The van der Waals surface area contributed by atoms with Crippen LogP contribution in [0.5, 0.6) is 0 Å². The lowest BCUT2D eigenvalue weighted by Crippen LogP contribution is -2.45. The number of ether oxygens (including phenoxy) is 1. The van der Waals surface area contributed by atoms with Crippen molar-refractivity contribution in [1.29, 1.82) is 0 Å². The van der Waals surface area contributed by atoms with Crippen molar-refractivity contribution in [2.75, 3.05) is 13.2 Å². The molecule has 3 rings (SSSR count). The van der Waals surface area contributed by atoms with Gasteiger partial charge in [0.25, 0.3) is 0 Å². The van der Waals surface area contributed by atoms with Crippen LogP contribution < -0.4 is 10.6 Å². The van der Waals surface area contributed by atoms with E-state index in [1.165, 1.54) is 0 Å². The fourth-order valence-electron chi connectivity index (χ4n) is 3.45. The van der Waals surface area contributed by atoms with Crippen LogP contribution in [0.25, 0.3) is 11.1 Å². The summed E-state index contributed by atoms with van der Waals surface area (Å²) in [7, 11) is 0. The minimum atomic E-state index is -1.19. The summed E-state index contributed by atoms with van der Waals surface area (Å²) in [6.45, 7) is 1.32. The number of benzene rings is 2. The van der Waals surface area contributed by atoms with E-state index in [-0.39, 0.29) is 25.5 Å². The number of aliphatic carboxylic acids is 1. The van der Waals surface area contributed by atoms with Crippen molar-refractivity contribution in [3.63, 3.8) is 0 Å². The summed E-state index contributed by atoms with van der Waals surface area (Å²) in [5.74, 6) is 3.29. The summed E-state index contributed by atoms with van der Waals surface area (Å²) in [5, 5.41) is 13.8. The molecule has 0 aromatic heterocycles. The molecule has 0 saturated heterocycles. The van der Waals surface area contributed by atoms with Gasteiger partial charge in [-0.05, 0) is 29.2 Å². The van der Waals surface area contributed by atoms with Gasteiger partial charge < -0.3 is 20.5 Å². The molecule has 30 heavy (non-hydrogen) atoms. The van der Waals surface area contributed by atoms with E-state index in [4.69, 9.17) is 9.84 Å². The molecule has 2 amide bonds. The SMILES string of the molecule is CC#CCC(NC(=O)CNC(=O)OCC1c2ccccc2-c2ccccc21)C(=O)O. The van der Waals surface area contributed by atoms with Crippen molar-refractivity contribution in [2.45, 2.75) is 25.3 Å². The fourth-order valence-corrected chi connectivity index (χ4v) is 3.45. The molecule has 1 aliphatic carbocycles. The van der Waals surface area contributed by atoms with Crippen molar-refractivity contribution in [3.8, 4) is 23.0 Å². The Labute approximate surface area is 174 Å². The second-order valence-corrected chi connectivity index (χ2v) is 6.77. The second-order valence-electron chi connectivity index (χ2n) is 6.77. The van der Waals surface area contributed by atoms with E-state index < -0.39 is 24.0 Å². The first-order chi connectivity index (χ1) is 14.5. The van der Waals surface area contributed by atoms with Crippen molar-refractivity contribution in [1.82, 2.24) is 10.6 Å². The number of carbonyl (C=O) groups is 3. The highest BCUT2D eigenvalue weighted by atomic mass is 16.5. The lowest BCUT2D eigenvalue weighted by molar-refractivity contribution is -0.141. The molecule has 2 aromatic rings. The Bertz CT molecular complexity index is 976. The average Bonchev–Trinajstić information content (AvgIpc) is 3.07. The third-order valence-electron chi connectivity index (χ3n) is 4.85. The van der Waals surface area contributed by atoms with E-state index in [2.05, 4.69) is 22.5 Å². The molecule has 3 N–H and O–H groups in total. The maximum Gasteiger partial charge on any atom is 0.407 e. The van der Waals surface area contributed by atoms with Crippen LogP contribution in [-0.4, -0.2) is 42.3 Å². The first-order valence-electron chi connectivity index (χ1n) is 9.52. The van der Waals surface area contributed by atoms with E-state index >= 15 is 0 Å². The van der Waals surface area contributed by atoms with Gasteiger partial charge in [-0.25, -0.2) is 9.59 Å². The standard InChI is InChI=1S/C23H22N2O5/c1-2-3-12-20(22(27)28)25-21(26)13-24-23(29)30-14-19-17-10-6-4-8-15(17)16-9-5-7-11-18(16)19/h4-11,19-20H,12-14H2,1H3,(H,24,29)(H,25,26)(H,27,28). The highest BCUT2D eigenvalue weighted by Crippen LogP contribution is 2.44. The Balaban J connectivity index is 1.53. The summed E-state index contributed by atoms with van der Waals surface area (Å²) in [6, 6.07) is 14.8. The Morgan fingerprint density at radius 3 is 2.23 bits per heavy atom. The van der Waals surface area contributed by atoms with Crippen LogP contribution >= 0.6 is 0 Å². The minimum absolute atomic E-state index is 0.0114. The monoisotopic (exact) mass is 406 g/mol. The zero-order valence-electron chi connectivity index (χ0n) is 16.5. The number of alkyl carbamates (subject to hydrolysis) is 1. The van der Waals surface area contributed by atoms with Crippen LogP contribution in [0.2, 0.25) is 0 Å². The minimum Gasteiger partial charge on any atom is -0.480 e. The summed E-state index contributed by atoms with van der Waals surface area (Å²) in [6.07, 6.45) is -0.755. The molecule has 0 heterocycles. The lowest BCUT2D eigenvalue weighted by Gasteiger charge is -2.15. The fraction of sp³-hybridized carbons (Fsp3) is 0.261. The van der Waals surface area contributed by atoms with E-state index in [0.717, 1.165) is 22.3 Å². The van der Waals surface area contributed by atoms with Gasteiger partial charge in [0.2, 0.25) is 5.91 Å². The number of amides is 2. The van der Waals surface area contributed by atoms with Crippen LogP contribution in [0, 0.1) is 11.8 Å². The summed E-state index contributed by atoms with van der Waals surface area (Å²) in [5.41, 5.74) is 4.42. The first kappa shape index (κ1) is 20.9. The number of nitrogens with one attached hydrogen (secondary N) is 2. The maximum atomic E-state index is 12.1. The lowest BCUT2D eigenvalue weighted by atomic mass is 9.98. The van der Waals surface area contributed by atoms with Gasteiger partial charge in [-0.3, -0.25) is 4.79 Å². The predicted octanol–water partition coefficient (Wildman–Crippen LogP) is 2.51. The third kappa shape index (κ3) is 4.78. The topological polar surface area (TPSA) is 105 Å². The van der Waals surface area contributed by atoms with E-state index in [0.29, 0.717) is 0 Å². The Morgan fingerprint density at radius 1 is 1.07 bits per heavy atom. The second kappa shape index (κ2) is 9.61. The van der Waals surface area contributed by atoms with Gasteiger partial charge in [-0.1, -0.05) is 48.5 Å². The molecule has 1 atom stereocenters. The first-order valence-corrected chi connectivity index (χ1v) is 9.52. The molecule has 0 saturated carbocycles. The number of rotatable bonds is 7. The Kier molecular flexibility index (Phi) is 6.71. The summed E-state index contributed by atoms with van der Waals surface area (Å²) in [4.78, 5) is 35.1. The van der Waals surface area contributed by atoms with Crippen LogP contribution in [0.1, 0.15) is 30.4 Å². The van der Waals surface area contributed by atoms with E-state index in [1.54, 1.807) is 6.92 Å². The van der Waals surface area contributed by atoms with Gasteiger partial charge in [0.15, 0.2) is 0 Å². The third-order valence-corrected chi connectivity index (χ3v) is 4.85. The molecular weight excluding hydrogens is 384 g/mol. The maximum absolute atomic E-state index is 12.1. The smallest absolute Gasteiger partial charge is 0.407 e. The molecule has 0 bridgehead atoms. The number of carbonyl (C=O) groups excluding carboxylic acids is 2. The van der Waals surface area contributed by atoms with Gasteiger partial charge >= 0.3 is 12.1 Å². The molecule has 7 nitrogen and oxygen atoms in total. The molecule has 154 valence electrons. The van der Waals surface area contributed by atoms with E-state index in [9.17, 15) is 14.4 Å². The van der Waals surface area contributed by atoms with Crippen LogP contribution in [0.4, 0.5) is 4.79 Å². The van der Waals surface area contributed by atoms with Crippen LogP contribution in [0.3, 0.4) is 0 Å². The Hall–Kier alpha value is -3.79. The number of hydrogen-bond donors (Lipinski definition) is 3. The molecule has 0 aliphatic heterocycles. The van der Waals surface area contributed by atoms with Crippen molar-refractivity contribution >= 4 is 18.0 Å². The van der Waals surface area contributed by atoms with E-state index in [1.807, 2.05) is 48.5 Å². The molecular formula is C23H22N2O5. The molecule has 0 fully saturated rings. The van der Waals surface area contributed by atoms with Gasteiger partial charge in [0.1, 0.15) is 19.2 Å². The number of carboxylic acid groups (broad SMARTS) is 1.